The van der Waals surface area contributed by atoms with Crippen molar-refractivity contribution >= 4 is 22.8 Å². The lowest BCUT2D eigenvalue weighted by Gasteiger charge is -2.23. The third-order valence-electron chi connectivity index (χ3n) is 4.14. The molecule has 2 N–H and O–H groups in total. The Morgan fingerprint density at radius 2 is 2.23 bits per heavy atom. The number of nitrogens with one attached hydrogen (secondary N) is 2. The standard InChI is InChI=1S/C17H20N2O3/c1-3-22-17(21)16(20)18-11-5-7-15-13(9-11)12-8-10(2)4-6-14(12)19-15/h4,6,8,11,19H,3,5,7,9H2,1-2H3,(H,18,20)/t11-/m0/s1. The van der Waals surface area contributed by atoms with Gasteiger partial charge in [0, 0.05) is 22.6 Å². The Balaban J connectivity index is 1.78. The van der Waals surface area contributed by atoms with Gasteiger partial charge in [-0.1, -0.05) is 11.6 Å². The number of carbonyl (C=O) groups excluding carboxylic acids is 2. The average molecular weight is 300 g/mol. The fourth-order valence-electron chi connectivity index (χ4n) is 3.10. The van der Waals surface area contributed by atoms with E-state index in [1.54, 1.807) is 6.92 Å². The SMILES string of the molecule is CCOC(=O)C(=O)N[C@H]1CCc2[nH]c3ccc(C)cc3c2C1. The molecule has 1 atom stereocenters. The molecule has 0 radical (unpaired) electrons. The van der Waals surface area contributed by atoms with Crippen molar-refractivity contribution in [2.45, 2.75) is 39.2 Å². The molecule has 1 amide bonds. The van der Waals surface area contributed by atoms with E-state index in [1.165, 1.54) is 22.2 Å². The van der Waals surface area contributed by atoms with Gasteiger partial charge in [0.1, 0.15) is 0 Å². The first-order valence-electron chi connectivity index (χ1n) is 7.66. The van der Waals surface area contributed by atoms with Crippen LogP contribution in [0, 0.1) is 6.92 Å². The molecule has 1 aromatic heterocycles. The summed E-state index contributed by atoms with van der Waals surface area (Å²) in [4.78, 5) is 26.7. The number of aromatic nitrogens is 1. The predicted molar refractivity (Wildman–Crippen MR) is 83.6 cm³/mol. The Bertz CT molecular complexity index is 733. The van der Waals surface area contributed by atoms with Crippen LogP contribution in [-0.2, 0) is 27.2 Å². The molecule has 22 heavy (non-hydrogen) atoms. The molecular weight excluding hydrogens is 280 g/mol. The highest BCUT2D eigenvalue weighted by molar-refractivity contribution is 6.32. The summed E-state index contributed by atoms with van der Waals surface area (Å²) in [5, 5.41) is 4.00. The van der Waals surface area contributed by atoms with E-state index in [0.29, 0.717) is 0 Å². The molecule has 1 heterocycles. The Hall–Kier alpha value is -2.30. The molecule has 116 valence electrons. The number of hydrogen-bond donors (Lipinski definition) is 2. The van der Waals surface area contributed by atoms with Crippen LogP contribution in [0.5, 0.6) is 0 Å². The molecule has 5 heteroatoms. The van der Waals surface area contributed by atoms with E-state index in [2.05, 4.69) is 35.4 Å². The molecule has 0 spiro atoms. The summed E-state index contributed by atoms with van der Waals surface area (Å²) in [5.41, 5.74) is 4.83. The fourth-order valence-corrected chi connectivity index (χ4v) is 3.10. The zero-order valence-electron chi connectivity index (χ0n) is 12.9. The monoisotopic (exact) mass is 300 g/mol. The minimum absolute atomic E-state index is 0.0241. The molecule has 0 saturated carbocycles. The number of carbonyl (C=O) groups is 2. The quantitative estimate of drug-likeness (QED) is 0.658. The summed E-state index contributed by atoms with van der Waals surface area (Å²) in [5.74, 6) is -1.45. The summed E-state index contributed by atoms with van der Waals surface area (Å²) >= 11 is 0. The summed E-state index contributed by atoms with van der Waals surface area (Å²) in [6.45, 7) is 3.97. The third-order valence-corrected chi connectivity index (χ3v) is 4.14. The van der Waals surface area contributed by atoms with Gasteiger partial charge in [0.05, 0.1) is 6.61 Å². The van der Waals surface area contributed by atoms with E-state index in [9.17, 15) is 9.59 Å². The van der Waals surface area contributed by atoms with Gasteiger partial charge in [0.25, 0.3) is 0 Å². The second-order valence-electron chi connectivity index (χ2n) is 5.76. The number of amides is 1. The number of aromatic amines is 1. The maximum absolute atomic E-state index is 11.8. The second-order valence-corrected chi connectivity index (χ2v) is 5.76. The average Bonchev–Trinajstić information content (AvgIpc) is 2.85. The number of H-pyrrole nitrogens is 1. The summed E-state index contributed by atoms with van der Waals surface area (Å²) in [6.07, 6.45) is 2.44. The maximum Gasteiger partial charge on any atom is 0.396 e. The zero-order chi connectivity index (χ0) is 15.7. The van der Waals surface area contributed by atoms with Crippen LogP contribution in [-0.4, -0.2) is 29.5 Å². The van der Waals surface area contributed by atoms with Crippen molar-refractivity contribution in [3.05, 3.63) is 35.0 Å². The second kappa shape index (κ2) is 5.83. The molecule has 5 nitrogen and oxygen atoms in total. The van der Waals surface area contributed by atoms with Crippen LogP contribution < -0.4 is 5.32 Å². The molecular formula is C17H20N2O3. The summed E-state index contributed by atoms with van der Waals surface area (Å²) in [7, 11) is 0. The summed E-state index contributed by atoms with van der Waals surface area (Å²) < 4.78 is 4.73. The highest BCUT2D eigenvalue weighted by Crippen LogP contribution is 2.29. The van der Waals surface area contributed by atoms with Gasteiger partial charge in [-0.15, -0.1) is 0 Å². The summed E-state index contributed by atoms with van der Waals surface area (Å²) in [6, 6.07) is 6.32. The molecule has 0 bridgehead atoms. The number of benzene rings is 1. The Morgan fingerprint density at radius 1 is 1.41 bits per heavy atom. The van der Waals surface area contributed by atoms with Crippen LogP contribution in [0.4, 0.5) is 0 Å². The van der Waals surface area contributed by atoms with Crippen molar-refractivity contribution < 1.29 is 14.3 Å². The first kappa shape index (κ1) is 14.6. The van der Waals surface area contributed by atoms with E-state index in [4.69, 9.17) is 4.74 Å². The fraction of sp³-hybridized carbons (Fsp3) is 0.412. The number of esters is 1. The van der Waals surface area contributed by atoms with Gasteiger partial charge in [0.2, 0.25) is 0 Å². The number of hydrogen-bond acceptors (Lipinski definition) is 3. The molecule has 1 aliphatic rings. The first-order chi connectivity index (χ1) is 10.6. The van der Waals surface area contributed by atoms with Gasteiger partial charge in [-0.3, -0.25) is 4.79 Å². The number of ether oxygens (including phenoxy) is 1. The van der Waals surface area contributed by atoms with Crippen LogP contribution in [0.25, 0.3) is 10.9 Å². The van der Waals surface area contributed by atoms with Gasteiger partial charge in [-0.2, -0.15) is 0 Å². The van der Waals surface area contributed by atoms with E-state index < -0.39 is 11.9 Å². The Labute approximate surface area is 129 Å². The number of aryl methyl sites for hydroxylation is 2. The lowest BCUT2D eigenvalue weighted by atomic mass is 9.91. The third kappa shape index (κ3) is 2.71. The van der Waals surface area contributed by atoms with Crippen LogP contribution in [0.1, 0.15) is 30.2 Å². The molecule has 0 unspecified atom stereocenters. The van der Waals surface area contributed by atoms with Crippen molar-refractivity contribution in [1.82, 2.24) is 10.3 Å². The van der Waals surface area contributed by atoms with Gasteiger partial charge in [-0.05, 0) is 50.8 Å². The van der Waals surface area contributed by atoms with Gasteiger partial charge in [0.15, 0.2) is 0 Å². The molecule has 1 aromatic carbocycles. The lowest BCUT2D eigenvalue weighted by Crippen LogP contribution is -2.42. The molecule has 2 aromatic rings. The number of fused-ring (bicyclic) bond motifs is 3. The topological polar surface area (TPSA) is 71.2 Å². The van der Waals surface area contributed by atoms with Gasteiger partial charge >= 0.3 is 11.9 Å². The van der Waals surface area contributed by atoms with Crippen LogP contribution in [0.15, 0.2) is 18.2 Å². The van der Waals surface area contributed by atoms with Crippen LogP contribution >= 0.6 is 0 Å². The minimum atomic E-state index is -0.803. The smallest absolute Gasteiger partial charge is 0.396 e. The highest BCUT2D eigenvalue weighted by Gasteiger charge is 2.26. The first-order valence-corrected chi connectivity index (χ1v) is 7.66. The van der Waals surface area contributed by atoms with E-state index >= 15 is 0 Å². The lowest BCUT2D eigenvalue weighted by molar-refractivity contribution is -0.154. The molecule has 1 aliphatic carbocycles. The van der Waals surface area contributed by atoms with Crippen LogP contribution in [0.2, 0.25) is 0 Å². The molecule has 0 saturated heterocycles. The molecule has 0 aliphatic heterocycles. The van der Waals surface area contributed by atoms with Crippen molar-refractivity contribution in [2.75, 3.05) is 6.61 Å². The zero-order valence-corrected chi connectivity index (χ0v) is 12.9. The van der Waals surface area contributed by atoms with Gasteiger partial charge < -0.3 is 15.0 Å². The normalized spacial score (nSPS) is 17.1. The van der Waals surface area contributed by atoms with Gasteiger partial charge in [-0.25, -0.2) is 4.79 Å². The van der Waals surface area contributed by atoms with E-state index in [0.717, 1.165) is 24.8 Å². The van der Waals surface area contributed by atoms with E-state index in [-0.39, 0.29) is 12.6 Å². The van der Waals surface area contributed by atoms with Crippen molar-refractivity contribution in [2.24, 2.45) is 0 Å². The van der Waals surface area contributed by atoms with Crippen molar-refractivity contribution in [1.29, 1.82) is 0 Å². The van der Waals surface area contributed by atoms with Crippen LogP contribution in [0.3, 0.4) is 0 Å². The number of rotatable bonds is 2. The molecule has 3 rings (SSSR count). The Morgan fingerprint density at radius 3 is 3.00 bits per heavy atom. The van der Waals surface area contributed by atoms with Crippen molar-refractivity contribution in [3.63, 3.8) is 0 Å². The van der Waals surface area contributed by atoms with Crippen molar-refractivity contribution in [3.8, 4) is 0 Å². The largest absolute Gasteiger partial charge is 0.459 e. The van der Waals surface area contributed by atoms with E-state index in [1.807, 2.05) is 0 Å². The minimum Gasteiger partial charge on any atom is -0.459 e. The maximum atomic E-state index is 11.8. The molecule has 0 fully saturated rings. The Kier molecular flexibility index (Phi) is 3.88. The predicted octanol–water partition coefficient (Wildman–Crippen LogP) is 2.01. The highest BCUT2D eigenvalue weighted by atomic mass is 16.5.